The Labute approximate surface area is 317 Å². The van der Waals surface area contributed by atoms with Crippen molar-refractivity contribution in [3.63, 3.8) is 0 Å². The van der Waals surface area contributed by atoms with E-state index in [1.54, 1.807) is 0 Å². The maximum absolute atomic E-state index is 7.02. The Hall–Kier alpha value is -6.27. The Morgan fingerprint density at radius 1 is 0.473 bits per heavy atom. The monoisotopic (exact) mass is 713 g/mol. The van der Waals surface area contributed by atoms with Crippen LogP contribution in [0.4, 0.5) is 0 Å². The maximum Gasteiger partial charge on any atom is 0.178 e. The Bertz CT molecular complexity index is 2880. The molecule has 0 saturated heterocycles. The molecule has 14 rings (SSSR count). The van der Waals surface area contributed by atoms with Crippen LogP contribution in [0.25, 0.3) is 67.2 Å². The fourth-order valence-corrected chi connectivity index (χ4v) is 11.6. The van der Waals surface area contributed by atoms with Gasteiger partial charge in [0.2, 0.25) is 0 Å². The standard InChI is InChI=1S/C49H35N3O3/c1-2-8-29(9-3-1)46-50-47(30-14-16-35-34-10-5-7-13-39(34)53-42(35)25-30)52-48(51-46)31-15-18-40-43(26-31)55-45-41(54-40)19-17-38-44(45)36-11-4-6-12-37(36)49(38)32-21-27-20-28(23-32)24-33(49)22-27/h1-19,25-28,32-33H,20-24H2. The van der Waals surface area contributed by atoms with Crippen molar-refractivity contribution in [1.82, 2.24) is 15.0 Å². The molecular formula is C49H35N3O3. The zero-order valence-electron chi connectivity index (χ0n) is 30.0. The third kappa shape index (κ3) is 4.17. The summed E-state index contributed by atoms with van der Waals surface area (Å²) in [5.74, 6) is 7.79. The molecule has 6 aliphatic rings. The van der Waals surface area contributed by atoms with Gasteiger partial charge in [-0.15, -0.1) is 0 Å². The number of rotatable bonds is 3. The van der Waals surface area contributed by atoms with Crippen molar-refractivity contribution in [3.8, 4) is 68.3 Å². The lowest BCUT2D eigenvalue weighted by atomic mass is 9.43. The molecular weight excluding hydrogens is 679 g/mol. The van der Waals surface area contributed by atoms with Gasteiger partial charge < -0.3 is 13.9 Å². The summed E-state index contributed by atoms with van der Waals surface area (Å²) in [5.41, 5.74) is 9.77. The molecule has 6 aromatic carbocycles. The summed E-state index contributed by atoms with van der Waals surface area (Å²) >= 11 is 0. The highest BCUT2D eigenvalue weighted by molar-refractivity contribution is 6.05. The summed E-state index contributed by atoms with van der Waals surface area (Å²) in [6, 6.07) is 44.0. The summed E-state index contributed by atoms with van der Waals surface area (Å²) in [5, 5.41) is 2.15. The quantitative estimate of drug-likeness (QED) is 0.182. The third-order valence-electron chi connectivity index (χ3n) is 13.6. The van der Waals surface area contributed by atoms with Crippen molar-refractivity contribution in [2.75, 3.05) is 0 Å². The van der Waals surface area contributed by atoms with Crippen LogP contribution in [0.3, 0.4) is 0 Å². The fourth-order valence-electron chi connectivity index (χ4n) is 11.6. The highest BCUT2D eigenvalue weighted by Crippen LogP contribution is 2.71. The number of nitrogens with zero attached hydrogens (tertiary/aromatic N) is 3. The molecule has 4 fully saturated rings. The Kier molecular flexibility index (Phi) is 5.97. The molecule has 6 heteroatoms. The Morgan fingerprint density at radius 2 is 1.13 bits per heavy atom. The second-order valence-corrected chi connectivity index (χ2v) is 16.4. The number of aromatic nitrogens is 3. The van der Waals surface area contributed by atoms with E-state index in [1.165, 1.54) is 54.4 Å². The summed E-state index contributed by atoms with van der Waals surface area (Å²) in [7, 11) is 0. The van der Waals surface area contributed by atoms with Crippen LogP contribution in [0.2, 0.25) is 0 Å². The van der Waals surface area contributed by atoms with Gasteiger partial charge in [-0.2, -0.15) is 0 Å². The van der Waals surface area contributed by atoms with E-state index in [0.29, 0.717) is 40.8 Å². The highest BCUT2D eigenvalue weighted by atomic mass is 16.6. The van der Waals surface area contributed by atoms with Gasteiger partial charge in [0, 0.05) is 38.4 Å². The first-order valence-corrected chi connectivity index (χ1v) is 19.7. The van der Waals surface area contributed by atoms with Crippen molar-refractivity contribution in [1.29, 1.82) is 0 Å². The van der Waals surface area contributed by atoms with Gasteiger partial charge >= 0.3 is 0 Å². The van der Waals surface area contributed by atoms with Crippen LogP contribution in [0.1, 0.15) is 43.2 Å². The number of hydrogen-bond donors (Lipinski definition) is 0. The SMILES string of the molecule is c1ccc(-c2nc(-c3ccc4c(c3)Oc3c(ccc5c3-c3ccccc3C53C5CC6CC(C5)CC3C6)O4)nc(-c3ccc4c(c3)oc3ccccc34)n2)cc1. The predicted octanol–water partition coefficient (Wildman–Crippen LogP) is 12.4. The van der Waals surface area contributed by atoms with E-state index in [2.05, 4.69) is 54.6 Å². The number of hydrogen-bond acceptors (Lipinski definition) is 6. The molecule has 264 valence electrons. The summed E-state index contributed by atoms with van der Waals surface area (Å²) in [4.78, 5) is 15.1. The first-order valence-electron chi connectivity index (χ1n) is 19.7. The Morgan fingerprint density at radius 3 is 1.95 bits per heavy atom. The molecule has 4 saturated carbocycles. The Balaban J connectivity index is 0.933. The van der Waals surface area contributed by atoms with Gasteiger partial charge in [-0.05, 0) is 115 Å². The van der Waals surface area contributed by atoms with Crippen LogP contribution in [0, 0.1) is 23.7 Å². The van der Waals surface area contributed by atoms with E-state index in [0.717, 1.165) is 62.0 Å². The average Bonchev–Trinajstić information content (AvgIpc) is 3.75. The summed E-state index contributed by atoms with van der Waals surface area (Å²) in [6.07, 6.45) is 6.79. The molecule has 1 aliphatic heterocycles. The van der Waals surface area contributed by atoms with Gasteiger partial charge in [0.05, 0.1) is 0 Å². The van der Waals surface area contributed by atoms with E-state index in [4.69, 9.17) is 28.8 Å². The summed E-state index contributed by atoms with van der Waals surface area (Å²) < 4.78 is 19.9. The van der Waals surface area contributed by atoms with E-state index in [9.17, 15) is 0 Å². The number of benzene rings is 6. The molecule has 5 aliphatic carbocycles. The highest BCUT2D eigenvalue weighted by Gasteiger charge is 2.62. The maximum atomic E-state index is 7.02. The predicted molar refractivity (Wildman–Crippen MR) is 213 cm³/mol. The molecule has 0 atom stereocenters. The molecule has 6 nitrogen and oxygen atoms in total. The van der Waals surface area contributed by atoms with E-state index in [-0.39, 0.29) is 5.41 Å². The topological polar surface area (TPSA) is 70.3 Å². The number of furan rings is 1. The zero-order valence-corrected chi connectivity index (χ0v) is 30.0. The van der Waals surface area contributed by atoms with Crippen molar-refractivity contribution in [2.24, 2.45) is 23.7 Å². The van der Waals surface area contributed by atoms with Crippen LogP contribution < -0.4 is 9.47 Å². The largest absolute Gasteiger partial charge is 0.456 e. The number of ether oxygens (including phenoxy) is 2. The molecule has 0 unspecified atom stereocenters. The molecule has 8 aromatic rings. The molecule has 0 amide bonds. The van der Waals surface area contributed by atoms with Gasteiger partial charge in [-0.3, -0.25) is 0 Å². The lowest BCUT2D eigenvalue weighted by molar-refractivity contribution is -0.0399. The number of fused-ring (bicyclic) bond motifs is 9. The minimum absolute atomic E-state index is 0.0559. The van der Waals surface area contributed by atoms with Gasteiger partial charge in [-0.25, -0.2) is 15.0 Å². The lowest BCUT2D eigenvalue weighted by Crippen LogP contribution is -2.55. The van der Waals surface area contributed by atoms with Crippen LogP contribution in [-0.2, 0) is 5.41 Å². The molecule has 2 aromatic heterocycles. The second kappa shape index (κ2) is 10.9. The fraction of sp³-hybridized carbons (Fsp3) is 0.204. The van der Waals surface area contributed by atoms with Gasteiger partial charge in [0.15, 0.2) is 40.5 Å². The lowest BCUT2D eigenvalue weighted by Gasteiger charge is -2.61. The van der Waals surface area contributed by atoms with E-state index < -0.39 is 0 Å². The second-order valence-electron chi connectivity index (χ2n) is 16.4. The van der Waals surface area contributed by atoms with Gasteiger partial charge in [-0.1, -0.05) is 84.9 Å². The average molecular weight is 714 g/mol. The van der Waals surface area contributed by atoms with Crippen LogP contribution in [0.15, 0.2) is 132 Å². The smallest absolute Gasteiger partial charge is 0.178 e. The molecule has 1 spiro atoms. The first kappa shape index (κ1) is 30.1. The van der Waals surface area contributed by atoms with Gasteiger partial charge in [0.25, 0.3) is 0 Å². The van der Waals surface area contributed by atoms with Crippen molar-refractivity contribution >= 4 is 21.9 Å². The van der Waals surface area contributed by atoms with E-state index in [1.807, 2.05) is 72.8 Å². The van der Waals surface area contributed by atoms with Crippen LogP contribution in [0.5, 0.6) is 23.0 Å². The molecule has 55 heavy (non-hydrogen) atoms. The molecule has 0 radical (unpaired) electrons. The van der Waals surface area contributed by atoms with Crippen LogP contribution >= 0.6 is 0 Å². The molecule has 4 bridgehead atoms. The molecule has 0 N–H and O–H groups in total. The van der Waals surface area contributed by atoms with Gasteiger partial charge in [0.1, 0.15) is 11.2 Å². The van der Waals surface area contributed by atoms with Crippen molar-refractivity contribution in [3.05, 3.63) is 139 Å². The molecule has 3 heterocycles. The minimum Gasteiger partial charge on any atom is -0.456 e. The third-order valence-corrected chi connectivity index (χ3v) is 13.6. The zero-order chi connectivity index (χ0) is 35.8. The van der Waals surface area contributed by atoms with Crippen molar-refractivity contribution in [2.45, 2.75) is 37.5 Å². The van der Waals surface area contributed by atoms with Crippen LogP contribution in [-0.4, -0.2) is 15.0 Å². The normalized spacial score (nSPS) is 23.6. The summed E-state index contributed by atoms with van der Waals surface area (Å²) in [6.45, 7) is 0. The van der Waals surface area contributed by atoms with E-state index >= 15 is 0 Å². The van der Waals surface area contributed by atoms with Crippen molar-refractivity contribution < 1.29 is 13.9 Å². The minimum atomic E-state index is 0.0559. The number of para-hydroxylation sites is 1. The first-order chi connectivity index (χ1) is 27.2.